The van der Waals surface area contributed by atoms with Gasteiger partial charge in [0.25, 0.3) is 0 Å². The van der Waals surface area contributed by atoms with Gasteiger partial charge in [-0.15, -0.1) is 0 Å². The van der Waals surface area contributed by atoms with Crippen molar-refractivity contribution in [1.82, 2.24) is 9.21 Å². The van der Waals surface area contributed by atoms with Crippen molar-refractivity contribution in [3.63, 3.8) is 0 Å². The van der Waals surface area contributed by atoms with E-state index in [-0.39, 0.29) is 4.90 Å². The lowest BCUT2D eigenvalue weighted by Crippen LogP contribution is -2.51. The van der Waals surface area contributed by atoms with Crippen LogP contribution in [0.5, 0.6) is 0 Å². The van der Waals surface area contributed by atoms with E-state index in [0.717, 1.165) is 12.1 Å². The largest absolute Gasteiger partial charge is 0.346 e. The van der Waals surface area contributed by atoms with Crippen LogP contribution in [0, 0.1) is 0 Å². The average Bonchev–Trinajstić information content (AvgIpc) is 2.74. The van der Waals surface area contributed by atoms with E-state index < -0.39 is 10.0 Å². The predicted molar refractivity (Wildman–Crippen MR) is 123 cm³/mol. The quantitative estimate of drug-likeness (QED) is 0.675. The summed E-state index contributed by atoms with van der Waals surface area (Å²) < 4.78 is 27.1. The van der Waals surface area contributed by atoms with Gasteiger partial charge in [0, 0.05) is 36.9 Å². The second kappa shape index (κ2) is 9.43. The number of rotatable bonds is 5. The van der Waals surface area contributed by atoms with Gasteiger partial charge < -0.3 is 10.2 Å². The van der Waals surface area contributed by atoms with Gasteiger partial charge in [-0.1, -0.05) is 37.6 Å². The van der Waals surface area contributed by atoms with Gasteiger partial charge in [0.2, 0.25) is 10.0 Å². The number of hydrogen-bond donors (Lipinski definition) is 1. The van der Waals surface area contributed by atoms with Gasteiger partial charge >= 0.3 is 0 Å². The molecular weight excluding hydrogens is 426 g/mol. The van der Waals surface area contributed by atoms with E-state index in [4.69, 9.17) is 23.8 Å². The van der Waals surface area contributed by atoms with Gasteiger partial charge in [0.1, 0.15) is 0 Å². The fourth-order valence-electron chi connectivity index (χ4n) is 3.22. The monoisotopic (exact) mass is 451 g/mol. The highest BCUT2D eigenvalue weighted by molar-refractivity contribution is 7.89. The molecule has 156 valence electrons. The van der Waals surface area contributed by atoms with Crippen LogP contribution >= 0.6 is 23.8 Å². The fraction of sp³-hybridized carbons (Fsp3) is 0.381. The van der Waals surface area contributed by atoms with Gasteiger partial charge in [0.05, 0.1) is 4.90 Å². The SMILES string of the molecule is CC[C@H](C)c1ccc(NC(=S)N2CCN(S(=O)(=O)c3ccc(Cl)cc3)CC2)cc1. The number of halogens is 1. The molecule has 0 amide bonds. The van der Waals surface area contributed by atoms with Gasteiger partial charge in [-0.25, -0.2) is 8.42 Å². The minimum Gasteiger partial charge on any atom is -0.346 e. The Morgan fingerprint density at radius 1 is 1.07 bits per heavy atom. The molecule has 1 N–H and O–H groups in total. The van der Waals surface area contributed by atoms with Crippen molar-refractivity contribution in [3.05, 3.63) is 59.1 Å². The molecule has 0 saturated carbocycles. The molecule has 0 aliphatic carbocycles. The first-order valence-corrected chi connectivity index (χ1v) is 12.0. The van der Waals surface area contributed by atoms with E-state index >= 15 is 0 Å². The Morgan fingerprint density at radius 3 is 2.21 bits per heavy atom. The molecule has 0 aromatic heterocycles. The molecule has 8 heteroatoms. The third-order valence-electron chi connectivity index (χ3n) is 5.32. The molecule has 1 heterocycles. The normalized spacial score (nSPS) is 16.4. The number of nitrogens with one attached hydrogen (secondary N) is 1. The van der Waals surface area contributed by atoms with Crippen molar-refractivity contribution in [1.29, 1.82) is 0 Å². The van der Waals surface area contributed by atoms with Crippen LogP contribution in [0.15, 0.2) is 53.4 Å². The standard InChI is InChI=1S/C21H26ClN3O2S2/c1-3-16(2)17-4-8-19(9-5-17)23-21(28)24-12-14-25(15-13-24)29(26,27)20-10-6-18(22)7-11-20/h4-11,16H,3,12-15H2,1-2H3,(H,23,28)/t16-/m0/s1. The molecule has 1 atom stereocenters. The molecule has 2 aromatic rings. The summed E-state index contributed by atoms with van der Waals surface area (Å²) in [6.45, 7) is 6.26. The molecule has 1 aliphatic rings. The second-order valence-electron chi connectivity index (χ2n) is 7.21. The molecule has 29 heavy (non-hydrogen) atoms. The van der Waals surface area contributed by atoms with E-state index in [0.29, 0.717) is 42.2 Å². The van der Waals surface area contributed by atoms with E-state index in [2.05, 4.69) is 31.3 Å². The number of piperazine rings is 1. The number of benzene rings is 2. The molecule has 1 aliphatic heterocycles. The van der Waals surface area contributed by atoms with Crippen LogP contribution in [0.2, 0.25) is 5.02 Å². The van der Waals surface area contributed by atoms with E-state index in [1.165, 1.54) is 9.87 Å². The van der Waals surface area contributed by atoms with Crippen LogP contribution in [0.1, 0.15) is 31.7 Å². The van der Waals surface area contributed by atoms with Gasteiger partial charge in [0.15, 0.2) is 5.11 Å². The zero-order chi connectivity index (χ0) is 21.0. The first-order chi connectivity index (χ1) is 13.8. The molecule has 5 nitrogen and oxygen atoms in total. The van der Waals surface area contributed by atoms with Crippen LogP contribution in [-0.4, -0.2) is 48.9 Å². The zero-order valence-corrected chi connectivity index (χ0v) is 19.0. The van der Waals surface area contributed by atoms with Crippen LogP contribution in [0.25, 0.3) is 0 Å². The maximum Gasteiger partial charge on any atom is 0.243 e. The van der Waals surface area contributed by atoms with Crippen LogP contribution in [0.3, 0.4) is 0 Å². The Labute approximate surface area is 183 Å². The lowest BCUT2D eigenvalue weighted by atomic mass is 9.99. The van der Waals surface area contributed by atoms with E-state index in [1.54, 1.807) is 24.3 Å². The average molecular weight is 452 g/mol. The minimum atomic E-state index is -3.52. The number of nitrogens with zero attached hydrogens (tertiary/aromatic N) is 2. The summed E-state index contributed by atoms with van der Waals surface area (Å²) >= 11 is 11.4. The highest BCUT2D eigenvalue weighted by Gasteiger charge is 2.29. The van der Waals surface area contributed by atoms with Crippen LogP contribution < -0.4 is 5.32 Å². The molecule has 2 aromatic carbocycles. The molecule has 1 fully saturated rings. The Kier molecular flexibility index (Phi) is 7.16. The summed E-state index contributed by atoms with van der Waals surface area (Å²) in [5.41, 5.74) is 2.25. The first-order valence-electron chi connectivity index (χ1n) is 9.73. The number of thiocarbonyl (C=S) groups is 1. The van der Waals surface area contributed by atoms with E-state index in [1.807, 2.05) is 17.0 Å². The Morgan fingerprint density at radius 2 is 1.66 bits per heavy atom. The van der Waals surface area contributed by atoms with Crippen molar-refractivity contribution in [3.8, 4) is 0 Å². The van der Waals surface area contributed by atoms with Crippen molar-refractivity contribution in [2.75, 3.05) is 31.5 Å². The lowest BCUT2D eigenvalue weighted by Gasteiger charge is -2.35. The molecule has 0 radical (unpaired) electrons. The summed E-state index contributed by atoms with van der Waals surface area (Å²) in [6.07, 6.45) is 1.11. The Bertz CT molecular complexity index is 939. The number of sulfonamides is 1. The maximum atomic E-state index is 12.8. The minimum absolute atomic E-state index is 0.262. The highest BCUT2D eigenvalue weighted by atomic mass is 35.5. The van der Waals surface area contributed by atoms with Gasteiger partial charge in [-0.3, -0.25) is 0 Å². The molecule has 0 bridgehead atoms. The summed E-state index contributed by atoms with van der Waals surface area (Å²) in [4.78, 5) is 2.27. The predicted octanol–water partition coefficient (Wildman–Crippen LogP) is 4.56. The van der Waals surface area contributed by atoms with Crippen LogP contribution in [-0.2, 0) is 10.0 Å². The summed E-state index contributed by atoms with van der Waals surface area (Å²) in [6, 6.07) is 14.6. The number of anilines is 1. The van der Waals surface area contributed by atoms with Crippen molar-refractivity contribution in [2.24, 2.45) is 0 Å². The number of hydrogen-bond acceptors (Lipinski definition) is 3. The summed E-state index contributed by atoms with van der Waals surface area (Å²) in [7, 11) is -3.52. The Hall–Kier alpha value is -1.67. The Balaban J connectivity index is 1.57. The van der Waals surface area contributed by atoms with Crippen LogP contribution in [0.4, 0.5) is 5.69 Å². The zero-order valence-electron chi connectivity index (χ0n) is 16.6. The van der Waals surface area contributed by atoms with Crippen molar-refractivity contribution in [2.45, 2.75) is 31.1 Å². The van der Waals surface area contributed by atoms with Gasteiger partial charge in [-0.05, 0) is 66.5 Å². The first kappa shape index (κ1) is 22.0. The van der Waals surface area contributed by atoms with E-state index in [9.17, 15) is 8.42 Å². The molecule has 1 saturated heterocycles. The molecule has 0 spiro atoms. The summed E-state index contributed by atoms with van der Waals surface area (Å²) in [5, 5.41) is 4.39. The molecular formula is C21H26ClN3O2S2. The van der Waals surface area contributed by atoms with Gasteiger partial charge in [-0.2, -0.15) is 4.31 Å². The van der Waals surface area contributed by atoms with Crippen molar-refractivity contribution < 1.29 is 8.42 Å². The third kappa shape index (κ3) is 5.28. The molecule has 0 unspecified atom stereocenters. The molecule has 3 rings (SSSR count). The fourth-order valence-corrected chi connectivity index (χ4v) is 5.07. The van der Waals surface area contributed by atoms with Crippen molar-refractivity contribution >= 4 is 44.6 Å². The topological polar surface area (TPSA) is 52.6 Å². The second-order valence-corrected chi connectivity index (χ2v) is 9.97. The lowest BCUT2D eigenvalue weighted by molar-refractivity contribution is 0.268. The smallest absolute Gasteiger partial charge is 0.243 e. The maximum absolute atomic E-state index is 12.8. The third-order valence-corrected chi connectivity index (χ3v) is 7.85. The highest BCUT2D eigenvalue weighted by Crippen LogP contribution is 2.22. The summed E-state index contributed by atoms with van der Waals surface area (Å²) in [5.74, 6) is 0.534.